The summed E-state index contributed by atoms with van der Waals surface area (Å²) in [6, 6.07) is 8.99. The number of allylic oxidation sites excluding steroid dienone is 2. The first-order valence-electron chi connectivity index (χ1n) is 9.38. The molecule has 0 amide bonds. The van der Waals surface area contributed by atoms with Crippen LogP contribution in [0.1, 0.15) is 57.8 Å². The molecule has 2 aromatic rings. The fourth-order valence-corrected chi connectivity index (χ4v) is 3.93. The summed E-state index contributed by atoms with van der Waals surface area (Å²) in [5.41, 5.74) is 4.64. The molecule has 0 saturated carbocycles. The van der Waals surface area contributed by atoms with Crippen LogP contribution >= 0.6 is 11.6 Å². The number of hydrogen-bond donors (Lipinski definition) is 1. The highest BCUT2D eigenvalue weighted by atomic mass is 35.5. The van der Waals surface area contributed by atoms with Gasteiger partial charge in [-0.2, -0.15) is 0 Å². The van der Waals surface area contributed by atoms with Gasteiger partial charge in [-0.1, -0.05) is 35.9 Å². The SMILES string of the molecule is Cc1cccc(C(Cc2cc(F)c(C(=O)O)c(Cl)c2)C2=CCCCC=N2)c1C. The molecule has 0 aliphatic carbocycles. The summed E-state index contributed by atoms with van der Waals surface area (Å²) >= 11 is 6.06. The number of nitrogens with zero attached hydrogens (tertiary/aromatic N) is 1. The lowest BCUT2D eigenvalue weighted by molar-refractivity contribution is 0.0692. The van der Waals surface area contributed by atoms with Crippen LogP contribution in [0.5, 0.6) is 0 Å². The monoisotopic (exact) mass is 399 g/mol. The second kappa shape index (κ2) is 8.70. The molecule has 0 radical (unpaired) electrons. The second-order valence-electron chi connectivity index (χ2n) is 7.16. The van der Waals surface area contributed by atoms with Crippen LogP contribution in [-0.4, -0.2) is 17.3 Å². The Bertz CT molecular complexity index is 942. The largest absolute Gasteiger partial charge is 0.478 e. The summed E-state index contributed by atoms with van der Waals surface area (Å²) < 4.78 is 14.4. The van der Waals surface area contributed by atoms with Crippen molar-refractivity contribution in [2.75, 3.05) is 0 Å². The molecule has 1 N–H and O–H groups in total. The Morgan fingerprint density at radius 2 is 2.07 bits per heavy atom. The average Bonchev–Trinajstić information content (AvgIpc) is 2.91. The number of rotatable bonds is 5. The predicted molar refractivity (Wildman–Crippen MR) is 111 cm³/mol. The van der Waals surface area contributed by atoms with E-state index in [0.29, 0.717) is 12.0 Å². The third kappa shape index (κ3) is 4.33. The van der Waals surface area contributed by atoms with Crippen molar-refractivity contribution in [1.29, 1.82) is 0 Å². The summed E-state index contributed by atoms with van der Waals surface area (Å²) in [6.07, 6.45) is 7.53. The molecule has 5 heteroatoms. The van der Waals surface area contributed by atoms with Crippen molar-refractivity contribution in [3.63, 3.8) is 0 Å². The maximum absolute atomic E-state index is 14.4. The Balaban J connectivity index is 2.06. The van der Waals surface area contributed by atoms with Crippen LogP contribution in [0.25, 0.3) is 0 Å². The Kier molecular flexibility index (Phi) is 6.30. The first-order chi connectivity index (χ1) is 13.4. The van der Waals surface area contributed by atoms with Gasteiger partial charge in [0.1, 0.15) is 11.4 Å². The van der Waals surface area contributed by atoms with Gasteiger partial charge in [0, 0.05) is 17.8 Å². The first-order valence-corrected chi connectivity index (χ1v) is 9.76. The van der Waals surface area contributed by atoms with Gasteiger partial charge in [-0.15, -0.1) is 0 Å². The molecule has 2 aromatic carbocycles. The third-order valence-electron chi connectivity index (χ3n) is 5.27. The van der Waals surface area contributed by atoms with E-state index in [2.05, 4.69) is 37.0 Å². The molecule has 0 bridgehead atoms. The van der Waals surface area contributed by atoms with E-state index >= 15 is 0 Å². The molecular weight excluding hydrogens is 377 g/mol. The summed E-state index contributed by atoms with van der Waals surface area (Å²) in [4.78, 5) is 15.9. The van der Waals surface area contributed by atoms with Gasteiger partial charge in [-0.05, 0) is 73.9 Å². The van der Waals surface area contributed by atoms with E-state index in [1.165, 1.54) is 17.2 Å². The molecule has 28 heavy (non-hydrogen) atoms. The number of halogens is 2. The predicted octanol–water partition coefficient (Wildman–Crippen LogP) is 6.26. The Morgan fingerprint density at radius 3 is 2.79 bits per heavy atom. The molecule has 3 nitrogen and oxygen atoms in total. The van der Waals surface area contributed by atoms with Gasteiger partial charge < -0.3 is 5.11 Å². The van der Waals surface area contributed by atoms with Crippen molar-refractivity contribution in [3.05, 3.63) is 80.8 Å². The van der Waals surface area contributed by atoms with Gasteiger partial charge in [0.15, 0.2) is 0 Å². The highest BCUT2D eigenvalue weighted by Gasteiger charge is 2.23. The molecule has 0 fully saturated rings. The molecule has 1 atom stereocenters. The number of carboxylic acids is 1. The zero-order chi connectivity index (χ0) is 20.3. The molecule has 1 heterocycles. The number of aromatic carboxylic acids is 1. The maximum Gasteiger partial charge on any atom is 0.340 e. The first kappa shape index (κ1) is 20.3. The van der Waals surface area contributed by atoms with Crippen LogP contribution in [0.2, 0.25) is 5.02 Å². The van der Waals surface area contributed by atoms with E-state index in [1.54, 1.807) is 6.07 Å². The lowest BCUT2D eigenvalue weighted by atomic mass is 9.85. The fourth-order valence-electron chi connectivity index (χ4n) is 3.62. The Morgan fingerprint density at radius 1 is 1.29 bits per heavy atom. The summed E-state index contributed by atoms with van der Waals surface area (Å²) in [5, 5.41) is 9.06. The van der Waals surface area contributed by atoms with Gasteiger partial charge in [-0.3, -0.25) is 4.99 Å². The van der Waals surface area contributed by atoms with Crippen LogP contribution in [-0.2, 0) is 6.42 Å². The molecular formula is C23H23ClFNO2. The lowest BCUT2D eigenvalue weighted by Crippen LogP contribution is -2.10. The highest BCUT2D eigenvalue weighted by molar-refractivity contribution is 6.33. The smallest absolute Gasteiger partial charge is 0.340 e. The molecule has 146 valence electrons. The number of aliphatic imine (C=N–C) groups is 1. The number of aryl methyl sites for hydroxylation is 1. The van der Waals surface area contributed by atoms with Gasteiger partial charge in [-0.25, -0.2) is 9.18 Å². The minimum absolute atomic E-state index is 0.0552. The van der Waals surface area contributed by atoms with Crippen LogP contribution in [0.15, 0.2) is 47.1 Å². The van der Waals surface area contributed by atoms with Crippen LogP contribution < -0.4 is 0 Å². The molecule has 1 aliphatic heterocycles. The molecule has 0 saturated heterocycles. The van der Waals surface area contributed by atoms with E-state index in [0.717, 1.165) is 30.5 Å². The zero-order valence-corrected chi connectivity index (χ0v) is 16.8. The third-order valence-corrected chi connectivity index (χ3v) is 5.56. The second-order valence-corrected chi connectivity index (χ2v) is 7.56. The minimum Gasteiger partial charge on any atom is -0.478 e. The Hall–Kier alpha value is -2.46. The topological polar surface area (TPSA) is 49.7 Å². The molecule has 1 aliphatic rings. The van der Waals surface area contributed by atoms with Gasteiger partial charge in [0.05, 0.1) is 5.02 Å². The standard InChI is InChI=1S/C23H23ClFNO2/c1-14-7-6-8-17(15(14)2)18(21-9-4-3-5-10-26-21)11-16-12-19(24)22(23(27)28)20(25)13-16/h6-10,12-13,18H,3-5,11H2,1-2H3,(H,27,28). The average molecular weight is 400 g/mol. The Labute approximate surface area is 169 Å². The quantitative estimate of drug-likeness (QED) is 0.645. The van der Waals surface area contributed by atoms with Crippen LogP contribution in [0.3, 0.4) is 0 Å². The maximum atomic E-state index is 14.4. The lowest BCUT2D eigenvalue weighted by Gasteiger charge is -2.22. The van der Waals surface area contributed by atoms with Crippen molar-refractivity contribution >= 4 is 23.8 Å². The molecule has 0 aromatic heterocycles. The highest BCUT2D eigenvalue weighted by Crippen LogP contribution is 2.35. The molecule has 0 spiro atoms. The van der Waals surface area contributed by atoms with Crippen molar-refractivity contribution in [3.8, 4) is 0 Å². The van der Waals surface area contributed by atoms with Crippen LogP contribution in [0, 0.1) is 19.7 Å². The fraction of sp³-hybridized carbons (Fsp3) is 0.304. The number of carbonyl (C=O) groups is 1. The molecule has 1 unspecified atom stereocenters. The van der Waals surface area contributed by atoms with Crippen LogP contribution in [0.4, 0.5) is 4.39 Å². The van der Waals surface area contributed by atoms with Crippen molar-refractivity contribution in [1.82, 2.24) is 0 Å². The van der Waals surface area contributed by atoms with Gasteiger partial charge >= 0.3 is 5.97 Å². The number of carboxylic acid groups (broad SMARTS) is 1. The van der Waals surface area contributed by atoms with E-state index in [1.807, 2.05) is 12.3 Å². The number of hydrogen-bond acceptors (Lipinski definition) is 2. The van der Waals surface area contributed by atoms with Crippen molar-refractivity contribution in [2.24, 2.45) is 4.99 Å². The zero-order valence-electron chi connectivity index (χ0n) is 16.0. The summed E-state index contributed by atoms with van der Waals surface area (Å²) in [7, 11) is 0. The summed E-state index contributed by atoms with van der Waals surface area (Å²) in [5.74, 6) is -2.23. The normalized spacial score (nSPS) is 15.1. The van der Waals surface area contributed by atoms with Crippen molar-refractivity contribution in [2.45, 2.75) is 45.4 Å². The van der Waals surface area contributed by atoms with E-state index in [4.69, 9.17) is 16.7 Å². The van der Waals surface area contributed by atoms with Gasteiger partial charge in [0.25, 0.3) is 0 Å². The molecule has 3 rings (SSSR count). The van der Waals surface area contributed by atoms with E-state index in [-0.39, 0.29) is 10.9 Å². The van der Waals surface area contributed by atoms with E-state index < -0.39 is 17.3 Å². The van der Waals surface area contributed by atoms with E-state index in [9.17, 15) is 9.18 Å². The van der Waals surface area contributed by atoms with Gasteiger partial charge in [0.2, 0.25) is 0 Å². The minimum atomic E-state index is -1.36. The summed E-state index contributed by atoms with van der Waals surface area (Å²) in [6.45, 7) is 4.15. The van der Waals surface area contributed by atoms with Crippen molar-refractivity contribution < 1.29 is 14.3 Å². The number of benzene rings is 2.